The minimum absolute atomic E-state index is 0.167. The smallest absolute Gasteiger partial charge is 0.159 e. The molecule has 2 heterocycles. The van der Waals surface area contributed by atoms with Crippen LogP contribution in [0.2, 0.25) is 0 Å². The van der Waals surface area contributed by atoms with Crippen molar-refractivity contribution in [3.8, 4) is 11.5 Å². The van der Waals surface area contributed by atoms with E-state index in [-0.39, 0.29) is 12.2 Å². The molecule has 0 atom stereocenters. The quantitative estimate of drug-likeness (QED) is 0.375. The Morgan fingerprint density at radius 3 is 1.27 bits per heavy atom. The van der Waals surface area contributed by atoms with E-state index in [1.165, 1.54) is 18.8 Å². The van der Waals surface area contributed by atoms with Gasteiger partial charge in [-0.3, -0.25) is 0 Å². The van der Waals surface area contributed by atoms with Crippen molar-refractivity contribution in [3.63, 3.8) is 0 Å². The lowest BCUT2D eigenvalue weighted by molar-refractivity contribution is 0.245. The summed E-state index contributed by atoms with van der Waals surface area (Å²) in [5.41, 5.74) is 0. The minimum atomic E-state index is 0.167. The van der Waals surface area contributed by atoms with Gasteiger partial charge < -0.3 is 9.47 Å². The number of benzene rings is 1. The Kier molecular flexibility index (Phi) is 6.05. The van der Waals surface area contributed by atoms with Crippen LogP contribution in [0.15, 0.2) is 0 Å². The third-order valence-corrected chi connectivity index (χ3v) is 14.9. The number of rotatable bonds is 4. The molecular weight excluding hydrogens is 433 g/mol. The summed E-state index contributed by atoms with van der Waals surface area (Å²) < 4.78 is 17.3. The molecule has 0 spiro atoms. The van der Waals surface area contributed by atoms with Crippen molar-refractivity contribution in [1.29, 1.82) is 0 Å². The lowest BCUT2D eigenvalue weighted by Gasteiger charge is -2.16. The summed E-state index contributed by atoms with van der Waals surface area (Å²) in [5.74, 6) is 2.07. The Balaban J connectivity index is 2.43. The van der Waals surface area contributed by atoms with E-state index >= 15 is 0 Å². The molecule has 0 bridgehead atoms. The summed E-state index contributed by atoms with van der Waals surface area (Å²) >= 11 is 0. The zero-order valence-corrected chi connectivity index (χ0v) is 18.8. The molecule has 0 unspecified atom stereocenters. The van der Waals surface area contributed by atoms with Gasteiger partial charge in [-0.05, 0) is 65.1 Å². The standard InChI is InChI=1S/C12H14O2S8/c1-5(2)13-7-9-10(16-19-15-9)8(14-6(3)4)12-11(7)17-20-22-21-18-12/h5-6H,1-4H3. The average Bonchev–Trinajstić information content (AvgIpc) is 2.79. The van der Waals surface area contributed by atoms with Crippen LogP contribution in [-0.2, 0) is 0 Å². The fraction of sp³-hybridized carbons (Fsp3) is 0.500. The predicted octanol–water partition coefficient (Wildman–Crippen LogP) is 8.31. The molecule has 3 aromatic rings. The molecule has 0 fully saturated rings. The largest absolute Gasteiger partial charge is 0.488 e. The first kappa shape index (κ1) is 17.4. The molecule has 3 rings (SSSR count). The van der Waals surface area contributed by atoms with Gasteiger partial charge in [0.2, 0.25) is 0 Å². The third kappa shape index (κ3) is 3.64. The summed E-state index contributed by atoms with van der Waals surface area (Å²) in [6.07, 6.45) is 0.334. The van der Waals surface area contributed by atoms with Crippen molar-refractivity contribution in [2.24, 2.45) is 0 Å². The summed E-state index contributed by atoms with van der Waals surface area (Å²) in [6.45, 7) is 8.34. The SMILES string of the molecule is CC(C)Oc1c2sssssc2c(OC(C)C)c2sssc12. The van der Waals surface area contributed by atoms with E-state index in [1.54, 1.807) is 78.7 Å². The maximum Gasteiger partial charge on any atom is 0.159 e. The molecule has 2 aromatic heterocycles. The molecule has 1 aromatic carbocycles. The van der Waals surface area contributed by atoms with E-state index in [4.69, 9.17) is 9.47 Å². The van der Waals surface area contributed by atoms with Crippen LogP contribution in [0.1, 0.15) is 27.7 Å². The maximum atomic E-state index is 6.20. The molecule has 122 valence electrons. The van der Waals surface area contributed by atoms with Gasteiger partial charge in [-0.15, -0.1) is 0 Å². The van der Waals surface area contributed by atoms with E-state index in [2.05, 4.69) is 27.7 Å². The lowest BCUT2D eigenvalue weighted by atomic mass is 10.3. The van der Waals surface area contributed by atoms with Crippen LogP contribution in [0, 0.1) is 0 Å². The van der Waals surface area contributed by atoms with Gasteiger partial charge in [0.25, 0.3) is 0 Å². The molecule has 0 amide bonds. The fourth-order valence-corrected chi connectivity index (χ4v) is 15.5. The van der Waals surface area contributed by atoms with Crippen LogP contribution in [0.5, 0.6) is 11.5 Å². The van der Waals surface area contributed by atoms with Gasteiger partial charge >= 0.3 is 0 Å². The van der Waals surface area contributed by atoms with E-state index in [9.17, 15) is 0 Å². The second kappa shape index (κ2) is 7.64. The van der Waals surface area contributed by atoms with E-state index in [0.29, 0.717) is 0 Å². The zero-order valence-electron chi connectivity index (χ0n) is 12.2. The van der Waals surface area contributed by atoms with Gasteiger partial charge in [0, 0.05) is 0 Å². The Bertz CT molecular complexity index is 758. The van der Waals surface area contributed by atoms with Gasteiger partial charge in [0.15, 0.2) is 11.5 Å². The highest BCUT2D eigenvalue weighted by molar-refractivity contribution is 8.15. The summed E-state index contributed by atoms with van der Waals surface area (Å²) in [4.78, 5) is 0. The molecule has 0 aliphatic rings. The first-order chi connectivity index (χ1) is 10.6. The highest BCUT2D eigenvalue weighted by Gasteiger charge is 2.21. The van der Waals surface area contributed by atoms with Crippen LogP contribution in [0.3, 0.4) is 0 Å². The summed E-state index contributed by atoms with van der Waals surface area (Å²) in [5, 5.41) is 0. The lowest BCUT2D eigenvalue weighted by Crippen LogP contribution is -2.08. The maximum absolute atomic E-state index is 6.20. The van der Waals surface area contributed by atoms with E-state index in [0.717, 1.165) is 11.5 Å². The molecule has 0 aliphatic heterocycles. The first-order valence-electron chi connectivity index (χ1n) is 6.51. The third-order valence-electron chi connectivity index (χ3n) is 2.47. The molecule has 2 nitrogen and oxygen atoms in total. The highest BCUT2D eigenvalue weighted by Crippen LogP contribution is 2.52. The predicted molar refractivity (Wildman–Crippen MR) is 111 cm³/mol. The second-order valence-corrected chi connectivity index (χ2v) is 16.3. The Morgan fingerprint density at radius 1 is 0.545 bits per heavy atom. The molecule has 0 saturated carbocycles. The number of hydrogen-bond acceptors (Lipinski definition) is 10. The molecule has 0 N–H and O–H groups in total. The van der Waals surface area contributed by atoms with Gasteiger partial charge in [0.05, 0.1) is 12.2 Å². The molecule has 0 saturated heterocycles. The van der Waals surface area contributed by atoms with Crippen molar-refractivity contribution in [1.82, 2.24) is 0 Å². The number of fused-ring (bicyclic) bond motifs is 2. The van der Waals surface area contributed by atoms with Crippen LogP contribution in [0.4, 0.5) is 0 Å². The molecular formula is C12H14O2S8. The van der Waals surface area contributed by atoms with Gasteiger partial charge in [-0.1, -0.05) is 41.4 Å². The Morgan fingerprint density at radius 2 is 0.909 bits per heavy atom. The fourth-order valence-electron chi connectivity index (χ4n) is 1.80. The monoisotopic (exact) mass is 446 g/mol. The van der Waals surface area contributed by atoms with E-state index in [1.807, 2.05) is 0 Å². The highest BCUT2D eigenvalue weighted by atomic mass is 33.5. The van der Waals surface area contributed by atoms with Crippen molar-refractivity contribution in [3.05, 3.63) is 0 Å². The van der Waals surface area contributed by atoms with Gasteiger partial charge in [-0.2, -0.15) is 0 Å². The minimum Gasteiger partial charge on any atom is -0.488 e. The van der Waals surface area contributed by atoms with Crippen molar-refractivity contribution in [2.75, 3.05) is 0 Å². The normalized spacial score (nSPS) is 11.5. The van der Waals surface area contributed by atoms with Crippen LogP contribution in [-0.4, -0.2) is 12.2 Å². The number of ether oxygens (including phenoxy) is 2. The molecule has 22 heavy (non-hydrogen) atoms. The zero-order chi connectivity index (χ0) is 15.7. The van der Waals surface area contributed by atoms with Gasteiger partial charge in [0.1, 0.15) is 18.8 Å². The molecule has 0 aliphatic carbocycles. The average molecular weight is 447 g/mol. The van der Waals surface area contributed by atoms with E-state index < -0.39 is 0 Å². The summed E-state index contributed by atoms with van der Waals surface area (Å²) in [7, 11) is 14.3. The van der Waals surface area contributed by atoms with Crippen molar-refractivity contribution in [2.45, 2.75) is 39.9 Å². The topological polar surface area (TPSA) is 18.5 Å². The van der Waals surface area contributed by atoms with Crippen LogP contribution >= 0.6 is 78.7 Å². The van der Waals surface area contributed by atoms with Crippen molar-refractivity contribution >= 4 is 97.5 Å². The Labute approximate surface area is 157 Å². The summed E-state index contributed by atoms with van der Waals surface area (Å²) in [6, 6.07) is 0. The van der Waals surface area contributed by atoms with Crippen LogP contribution in [0.25, 0.3) is 18.8 Å². The van der Waals surface area contributed by atoms with Crippen LogP contribution < -0.4 is 9.47 Å². The molecule has 0 radical (unpaired) electrons. The number of hydrogen-bond donors (Lipinski definition) is 0. The van der Waals surface area contributed by atoms with Crippen molar-refractivity contribution < 1.29 is 9.47 Å². The Hall–Kier alpha value is 0.580. The first-order valence-corrected chi connectivity index (χ1v) is 16.1. The molecule has 10 heteroatoms. The van der Waals surface area contributed by atoms with Gasteiger partial charge in [-0.25, -0.2) is 0 Å². The second-order valence-electron chi connectivity index (χ2n) is 4.91.